The van der Waals surface area contributed by atoms with Gasteiger partial charge in [-0.15, -0.1) is 0 Å². The minimum atomic E-state index is 0.204. The van der Waals surface area contributed by atoms with E-state index in [0.717, 1.165) is 12.8 Å². The first-order valence-electron chi connectivity index (χ1n) is 7.70. The quantitative estimate of drug-likeness (QED) is 0.839. The van der Waals surface area contributed by atoms with Crippen LogP contribution < -0.4 is 5.73 Å². The Morgan fingerprint density at radius 3 is 2.33 bits per heavy atom. The van der Waals surface area contributed by atoms with Crippen molar-refractivity contribution in [2.45, 2.75) is 63.8 Å². The molecule has 0 heterocycles. The van der Waals surface area contributed by atoms with E-state index >= 15 is 0 Å². The second-order valence-electron chi connectivity index (χ2n) is 6.13. The molecule has 2 aliphatic rings. The molecule has 1 amide bonds. The van der Waals surface area contributed by atoms with Crippen molar-refractivity contribution in [1.29, 1.82) is 0 Å². The summed E-state index contributed by atoms with van der Waals surface area (Å²) in [6, 6.07) is 0.492. The predicted octanol–water partition coefficient (Wildman–Crippen LogP) is 2.54. The van der Waals surface area contributed by atoms with Crippen LogP contribution in [0.5, 0.6) is 0 Å². The van der Waals surface area contributed by atoms with Crippen molar-refractivity contribution in [3.05, 3.63) is 0 Å². The van der Waals surface area contributed by atoms with Crippen LogP contribution in [0, 0.1) is 11.8 Å². The average molecular weight is 252 g/mol. The SMILES string of the molecule is CN(C(=O)C1CCCCC1CN)C1CCCCC1. The summed E-state index contributed by atoms with van der Waals surface area (Å²) in [5.74, 6) is 1.00. The zero-order valence-electron chi connectivity index (χ0n) is 11.7. The van der Waals surface area contributed by atoms with Gasteiger partial charge in [0, 0.05) is 19.0 Å². The van der Waals surface area contributed by atoms with Gasteiger partial charge in [-0.1, -0.05) is 32.1 Å². The van der Waals surface area contributed by atoms with Crippen molar-refractivity contribution < 1.29 is 4.79 Å². The number of hydrogen-bond acceptors (Lipinski definition) is 2. The van der Waals surface area contributed by atoms with Crippen LogP contribution in [0.3, 0.4) is 0 Å². The fourth-order valence-corrected chi connectivity index (χ4v) is 3.72. The van der Waals surface area contributed by atoms with Gasteiger partial charge < -0.3 is 10.6 Å². The summed E-state index contributed by atoms with van der Waals surface area (Å²) in [5.41, 5.74) is 5.84. The maximum absolute atomic E-state index is 12.6. The number of carbonyl (C=O) groups excluding carboxylic acids is 1. The molecule has 0 saturated heterocycles. The Morgan fingerprint density at radius 2 is 1.67 bits per heavy atom. The highest BCUT2D eigenvalue weighted by molar-refractivity contribution is 5.79. The standard InChI is InChI=1S/C15H28N2O/c1-17(13-8-3-2-4-9-13)15(18)14-10-6-5-7-12(14)11-16/h12-14H,2-11,16H2,1H3. The normalized spacial score (nSPS) is 30.1. The largest absolute Gasteiger partial charge is 0.343 e. The third-order valence-electron chi connectivity index (χ3n) is 5.00. The second kappa shape index (κ2) is 6.55. The summed E-state index contributed by atoms with van der Waals surface area (Å²) < 4.78 is 0. The first kappa shape index (κ1) is 13.9. The minimum Gasteiger partial charge on any atom is -0.343 e. The van der Waals surface area contributed by atoms with Gasteiger partial charge in [-0.25, -0.2) is 0 Å². The molecular formula is C15H28N2O. The molecule has 2 rings (SSSR count). The minimum absolute atomic E-state index is 0.204. The number of rotatable bonds is 3. The third-order valence-corrected chi connectivity index (χ3v) is 5.00. The molecule has 104 valence electrons. The summed E-state index contributed by atoms with van der Waals surface area (Å²) in [7, 11) is 2.01. The number of nitrogens with two attached hydrogens (primary N) is 1. The average Bonchev–Trinajstić information content (AvgIpc) is 2.46. The van der Waals surface area contributed by atoms with E-state index in [4.69, 9.17) is 5.73 Å². The van der Waals surface area contributed by atoms with Gasteiger partial charge >= 0.3 is 0 Å². The molecule has 0 aliphatic heterocycles. The lowest BCUT2D eigenvalue weighted by Crippen LogP contribution is -2.45. The Bertz CT molecular complexity index is 274. The van der Waals surface area contributed by atoms with E-state index in [0.29, 0.717) is 24.4 Å². The first-order valence-corrected chi connectivity index (χ1v) is 7.70. The lowest BCUT2D eigenvalue weighted by molar-refractivity contribution is -0.139. The molecule has 18 heavy (non-hydrogen) atoms. The molecule has 0 aromatic carbocycles. The van der Waals surface area contributed by atoms with Crippen molar-refractivity contribution in [2.24, 2.45) is 17.6 Å². The van der Waals surface area contributed by atoms with E-state index in [9.17, 15) is 4.79 Å². The molecule has 3 nitrogen and oxygen atoms in total. The smallest absolute Gasteiger partial charge is 0.225 e. The molecule has 2 fully saturated rings. The van der Waals surface area contributed by atoms with Crippen LogP contribution in [0.25, 0.3) is 0 Å². The van der Waals surface area contributed by atoms with E-state index in [1.165, 1.54) is 44.9 Å². The molecule has 0 spiro atoms. The van der Waals surface area contributed by atoms with Crippen molar-refractivity contribution in [3.8, 4) is 0 Å². The van der Waals surface area contributed by atoms with Crippen LogP contribution >= 0.6 is 0 Å². The molecule has 0 aromatic rings. The van der Waals surface area contributed by atoms with Gasteiger partial charge in [-0.05, 0) is 38.1 Å². The summed E-state index contributed by atoms with van der Waals surface area (Å²) in [6.07, 6.45) is 11.0. The van der Waals surface area contributed by atoms with Crippen LogP contribution in [0.15, 0.2) is 0 Å². The molecule has 0 aromatic heterocycles. The van der Waals surface area contributed by atoms with Gasteiger partial charge in [-0.2, -0.15) is 0 Å². The fourth-order valence-electron chi connectivity index (χ4n) is 3.72. The third kappa shape index (κ3) is 3.05. The maximum atomic E-state index is 12.6. The predicted molar refractivity (Wildman–Crippen MR) is 74.1 cm³/mol. The summed E-state index contributed by atoms with van der Waals surface area (Å²) >= 11 is 0. The molecule has 2 atom stereocenters. The number of hydrogen-bond donors (Lipinski definition) is 1. The zero-order chi connectivity index (χ0) is 13.0. The number of nitrogens with zero attached hydrogens (tertiary/aromatic N) is 1. The zero-order valence-corrected chi connectivity index (χ0v) is 11.7. The molecule has 2 unspecified atom stereocenters. The van der Waals surface area contributed by atoms with E-state index in [1.807, 2.05) is 7.05 Å². The van der Waals surface area contributed by atoms with Gasteiger partial charge in [0.05, 0.1) is 0 Å². The van der Waals surface area contributed by atoms with E-state index in [1.54, 1.807) is 0 Å². The van der Waals surface area contributed by atoms with Crippen molar-refractivity contribution in [2.75, 3.05) is 13.6 Å². The Labute approximate surface area is 111 Å². The highest BCUT2D eigenvalue weighted by Crippen LogP contribution is 2.32. The molecule has 0 radical (unpaired) electrons. The maximum Gasteiger partial charge on any atom is 0.225 e. The molecular weight excluding hydrogens is 224 g/mol. The highest BCUT2D eigenvalue weighted by atomic mass is 16.2. The summed E-state index contributed by atoms with van der Waals surface area (Å²) in [6.45, 7) is 0.676. The Hall–Kier alpha value is -0.570. The Balaban J connectivity index is 1.95. The molecule has 2 aliphatic carbocycles. The van der Waals surface area contributed by atoms with Gasteiger partial charge in [0.1, 0.15) is 0 Å². The molecule has 2 saturated carbocycles. The number of amides is 1. The highest BCUT2D eigenvalue weighted by Gasteiger charge is 2.34. The summed E-state index contributed by atoms with van der Waals surface area (Å²) in [5, 5.41) is 0. The number of carbonyl (C=O) groups is 1. The second-order valence-corrected chi connectivity index (χ2v) is 6.13. The van der Waals surface area contributed by atoms with Crippen molar-refractivity contribution in [3.63, 3.8) is 0 Å². The Morgan fingerprint density at radius 1 is 1.06 bits per heavy atom. The molecule has 2 N–H and O–H groups in total. The first-order chi connectivity index (χ1) is 8.74. The van der Waals surface area contributed by atoms with Crippen LogP contribution in [0.1, 0.15) is 57.8 Å². The van der Waals surface area contributed by atoms with Gasteiger partial charge in [-0.3, -0.25) is 4.79 Å². The van der Waals surface area contributed by atoms with Crippen LogP contribution in [-0.2, 0) is 4.79 Å². The van der Waals surface area contributed by atoms with Crippen LogP contribution in [-0.4, -0.2) is 30.4 Å². The molecule has 0 bridgehead atoms. The van der Waals surface area contributed by atoms with E-state index in [-0.39, 0.29) is 5.92 Å². The molecule has 3 heteroatoms. The topological polar surface area (TPSA) is 46.3 Å². The monoisotopic (exact) mass is 252 g/mol. The summed E-state index contributed by atoms with van der Waals surface area (Å²) in [4.78, 5) is 14.7. The van der Waals surface area contributed by atoms with Crippen LogP contribution in [0.4, 0.5) is 0 Å². The van der Waals surface area contributed by atoms with Crippen LogP contribution in [0.2, 0.25) is 0 Å². The van der Waals surface area contributed by atoms with Gasteiger partial charge in [0.15, 0.2) is 0 Å². The van der Waals surface area contributed by atoms with E-state index < -0.39 is 0 Å². The van der Waals surface area contributed by atoms with Crippen molar-refractivity contribution in [1.82, 2.24) is 4.90 Å². The fraction of sp³-hybridized carbons (Fsp3) is 0.933. The lowest BCUT2D eigenvalue weighted by atomic mass is 9.78. The van der Waals surface area contributed by atoms with Gasteiger partial charge in [0.2, 0.25) is 5.91 Å². The lowest BCUT2D eigenvalue weighted by Gasteiger charge is -2.37. The Kier molecular flexibility index (Phi) is 5.04. The van der Waals surface area contributed by atoms with Gasteiger partial charge in [0.25, 0.3) is 0 Å². The van der Waals surface area contributed by atoms with E-state index in [2.05, 4.69) is 4.90 Å². The van der Waals surface area contributed by atoms with Crippen molar-refractivity contribution >= 4 is 5.91 Å².